The molecular weight excluding hydrogens is 174 g/mol. The first kappa shape index (κ1) is 13.6. The number of hydrogen-bond donors (Lipinski definition) is 1. The maximum absolute atomic E-state index is 11.5. The molecule has 0 aromatic heterocycles. The van der Waals surface area contributed by atoms with Gasteiger partial charge in [0.2, 0.25) is 0 Å². The van der Waals surface area contributed by atoms with E-state index in [9.17, 15) is 4.79 Å². The Morgan fingerprint density at radius 2 is 2.00 bits per heavy atom. The predicted octanol–water partition coefficient (Wildman–Crippen LogP) is 2.76. The standard InChI is InChI=1S/C12H25NO/c1-4-5-6-12(14)8-11(9-13)7-10(2)3/h10-11H,4-9,13H2,1-3H3. The van der Waals surface area contributed by atoms with E-state index in [0.29, 0.717) is 30.6 Å². The van der Waals surface area contributed by atoms with Crippen LogP contribution in [0, 0.1) is 11.8 Å². The number of carbonyl (C=O) groups is 1. The number of ketones is 1. The van der Waals surface area contributed by atoms with Crippen LogP contribution in [-0.4, -0.2) is 12.3 Å². The van der Waals surface area contributed by atoms with Gasteiger partial charge in [-0.3, -0.25) is 4.79 Å². The van der Waals surface area contributed by atoms with Crippen LogP contribution >= 0.6 is 0 Å². The summed E-state index contributed by atoms with van der Waals surface area (Å²) in [6, 6.07) is 0. The lowest BCUT2D eigenvalue weighted by Crippen LogP contribution is -2.19. The van der Waals surface area contributed by atoms with Crippen molar-refractivity contribution in [2.75, 3.05) is 6.54 Å². The third-order valence-electron chi connectivity index (χ3n) is 2.46. The Morgan fingerprint density at radius 1 is 1.36 bits per heavy atom. The van der Waals surface area contributed by atoms with E-state index in [1.54, 1.807) is 0 Å². The van der Waals surface area contributed by atoms with Crippen molar-refractivity contribution in [3.8, 4) is 0 Å². The molecule has 0 aromatic carbocycles. The van der Waals surface area contributed by atoms with Gasteiger partial charge in [-0.15, -0.1) is 0 Å². The summed E-state index contributed by atoms with van der Waals surface area (Å²) in [6.45, 7) is 7.12. The van der Waals surface area contributed by atoms with E-state index < -0.39 is 0 Å². The quantitative estimate of drug-likeness (QED) is 0.653. The zero-order valence-corrected chi connectivity index (χ0v) is 9.88. The molecule has 0 saturated carbocycles. The maximum atomic E-state index is 11.5. The van der Waals surface area contributed by atoms with Crippen LogP contribution in [0.3, 0.4) is 0 Å². The highest BCUT2D eigenvalue weighted by Crippen LogP contribution is 2.15. The van der Waals surface area contributed by atoms with Gasteiger partial charge in [-0.25, -0.2) is 0 Å². The van der Waals surface area contributed by atoms with Gasteiger partial charge in [-0.1, -0.05) is 27.2 Å². The molecule has 0 saturated heterocycles. The van der Waals surface area contributed by atoms with E-state index >= 15 is 0 Å². The summed E-state index contributed by atoms with van der Waals surface area (Å²) in [5.74, 6) is 1.44. The van der Waals surface area contributed by atoms with E-state index in [0.717, 1.165) is 25.7 Å². The van der Waals surface area contributed by atoms with Crippen LogP contribution in [0.1, 0.15) is 52.9 Å². The molecule has 0 radical (unpaired) electrons. The van der Waals surface area contributed by atoms with Gasteiger partial charge in [-0.05, 0) is 31.2 Å². The molecule has 84 valence electrons. The average molecular weight is 199 g/mol. The molecule has 0 rings (SSSR count). The van der Waals surface area contributed by atoms with Crippen LogP contribution in [-0.2, 0) is 4.79 Å². The van der Waals surface area contributed by atoms with Crippen molar-refractivity contribution in [2.24, 2.45) is 17.6 Å². The van der Waals surface area contributed by atoms with Crippen molar-refractivity contribution in [1.29, 1.82) is 0 Å². The number of unbranched alkanes of at least 4 members (excludes halogenated alkanes) is 1. The van der Waals surface area contributed by atoms with Crippen LogP contribution in [0.2, 0.25) is 0 Å². The highest BCUT2D eigenvalue weighted by Gasteiger charge is 2.13. The van der Waals surface area contributed by atoms with Gasteiger partial charge in [0.05, 0.1) is 0 Å². The van der Waals surface area contributed by atoms with Crippen molar-refractivity contribution in [2.45, 2.75) is 52.9 Å². The fourth-order valence-corrected chi connectivity index (χ4v) is 1.73. The zero-order chi connectivity index (χ0) is 11.0. The van der Waals surface area contributed by atoms with E-state index in [-0.39, 0.29) is 0 Å². The van der Waals surface area contributed by atoms with E-state index in [2.05, 4.69) is 20.8 Å². The minimum absolute atomic E-state index is 0.392. The lowest BCUT2D eigenvalue weighted by molar-refractivity contribution is -0.120. The lowest BCUT2D eigenvalue weighted by atomic mass is 9.91. The molecule has 0 amide bonds. The second kappa shape index (κ2) is 7.98. The lowest BCUT2D eigenvalue weighted by Gasteiger charge is -2.15. The summed E-state index contributed by atoms with van der Waals surface area (Å²) in [5.41, 5.74) is 5.65. The molecule has 2 nitrogen and oxygen atoms in total. The number of rotatable bonds is 8. The topological polar surface area (TPSA) is 43.1 Å². The molecule has 0 aliphatic carbocycles. The molecule has 0 spiro atoms. The normalized spacial score (nSPS) is 13.2. The second-order valence-corrected chi connectivity index (χ2v) is 4.58. The summed E-state index contributed by atoms with van der Waals surface area (Å²) in [4.78, 5) is 11.5. The molecule has 0 aliphatic rings. The molecule has 14 heavy (non-hydrogen) atoms. The fourth-order valence-electron chi connectivity index (χ4n) is 1.73. The first-order chi connectivity index (χ1) is 6.60. The SMILES string of the molecule is CCCCC(=O)CC(CN)CC(C)C. The molecule has 2 N–H and O–H groups in total. The smallest absolute Gasteiger partial charge is 0.133 e. The van der Waals surface area contributed by atoms with Crippen LogP contribution in [0.25, 0.3) is 0 Å². The van der Waals surface area contributed by atoms with Gasteiger partial charge < -0.3 is 5.73 Å². The Balaban J connectivity index is 3.74. The van der Waals surface area contributed by atoms with Crippen molar-refractivity contribution >= 4 is 5.78 Å². The minimum Gasteiger partial charge on any atom is -0.330 e. The van der Waals surface area contributed by atoms with E-state index in [1.807, 2.05) is 0 Å². The average Bonchev–Trinajstić information content (AvgIpc) is 2.12. The van der Waals surface area contributed by atoms with Gasteiger partial charge in [-0.2, -0.15) is 0 Å². The van der Waals surface area contributed by atoms with Crippen LogP contribution in [0.5, 0.6) is 0 Å². The monoisotopic (exact) mass is 199 g/mol. The Labute approximate surface area is 88.3 Å². The second-order valence-electron chi connectivity index (χ2n) is 4.58. The number of nitrogens with two attached hydrogens (primary N) is 1. The third kappa shape index (κ3) is 7.07. The minimum atomic E-state index is 0.392. The summed E-state index contributed by atoms with van der Waals surface area (Å²) in [6.07, 6.45) is 4.63. The van der Waals surface area contributed by atoms with Crippen molar-refractivity contribution in [1.82, 2.24) is 0 Å². The maximum Gasteiger partial charge on any atom is 0.133 e. The Hall–Kier alpha value is -0.370. The molecule has 1 atom stereocenters. The molecule has 2 heteroatoms. The number of carbonyl (C=O) groups excluding carboxylic acids is 1. The summed E-state index contributed by atoms with van der Waals surface area (Å²) in [5, 5.41) is 0. The molecule has 0 aromatic rings. The summed E-state index contributed by atoms with van der Waals surface area (Å²) >= 11 is 0. The molecule has 0 bridgehead atoms. The number of Topliss-reactive ketones (excluding diaryl/α,β-unsaturated/α-hetero) is 1. The van der Waals surface area contributed by atoms with Gasteiger partial charge in [0.1, 0.15) is 5.78 Å². The van der Waals surface area contributed by atoms with Crippen LogP contribution < -0.4 is 5.73 Å². The van der Waals surface area contributed by atoms with Crippen LogP contribution in [0.15, 0.2) is 0 Å². The molecule has 0 aliphatic heterocycles. The van der Waals surface area contributed by atoms with Crippen molar-refractivity contribution in [3.05, 3.63) is 0 Å². The van der Waals surface area contributed by atoms with E-state index in [1.165, 1.54) is 0 Å². The molecular formula is C12H25NO. The third-order valence-corrected chi connectivity index (χ3v) is 2.46. The van der Waals surface area contributed by atoms with Crippen molar-refractivity contribution < 1.29 is 4.79 Å². The van der Waals surface area contributed by atoms with Gasteiger partial charge in [0.25, 0.3) is 0 Å². The first-order valence-corrected chi connectivity index (χ1v) is 5.81. The highest BCUT2D eigenvalue weighted by atomic mass is 16.1. The Morgan fingerprint density at radius 3 is 2.43 bits per heavy atom. The molecule has 1 unspecified atom stereocenters. The van der Waals surface area contributed by atoms with Crippen molar-refractivity contribution in [3.63, 3.8) is 0 Å². The van der Waals surface area contributed by atoms with E-state index in [4.69, 9.17) is 5.73 Å². The Kier molecular flexibility index (Phi) is 7.77. The largest absolute Gasteiger partial charge is 0.330 e. The Bertz CT molecular complexity index is 154. The van der Waals surface area contributed by atoms with Gasteiger partial charge in [0.15, 0.2) is 0 Å². The van der Waals surface area contributed by atoms with Gasteiger partial charge in [0, 0.05) is 12.8 Å². The summed E-state index contributed by atoms with van der Waals surface area (Å²) < 4.78 is 0. The van der Waals surface area contributed by atoms with Crippen LogP contribution in [0.4, 0.5) is 0 Å². The highest BCUT2D eigenvalue weighted by molar-refractivity contribution is 5.78. The van der Waals surface area contributed by atoms with Gasteiger partial charge >= 0.3 is 0 Å². The molecule has 0 heterocycles. The number of hydrogen-bond acceptors (Lipinski definition) is 2. The summed E-state index contributed by atoms with van der Waals surface area (Å²) in [7, 11) is 0. The fraction of sp³-hybridized carbons (Fsp3) is 0.917. The zero-order valence-electron chi connectivity index (χ0n) is 9.88. The molecule has 0 fully saturated rings. The first-order valence-electron chi connectivity index (χ1n) is 5.81. The predicted molar refractivity (Wildman–Crippen MR) is 61.1 cm³/mol.